The second kappa shape index (κ2) is 5.97. The van der Waals surface area contributed by atoms with Gasteiger partial charge in [0, 0.05) is 18.8 Å². The molecule has 19 heavy (non-hydrogen) atoms. The van der Waals surface area contributed by atoms with Gasteiger partial charge >= 0.3 is 0 Å². The Balaban J connectivity index is 2.08. The third-order valence-electron chi connectivity index (χ3n) is 3.49. The first-order valence-electron chi connectivity index (χ1n) is 6.62. The van der Waals surface area contributed by atoms with Crippen LogP contribution in [0.25, 0.3) is 0 Å². The van der Waals surface area contributed by atoms with E-state index in [2.05, 4.69) is 16.5 Å². The Bertz CT molecular complexity index is 548. The molecule has 3 nitrogen and oxygen atoms in total. The summed E-state index contributed by atoms with van der Waals surface area (Å²) < 4.78 is 15.1. The summed E-state index contributed by atoms with van der Waals surface area (Å²) in [4.78, 5) is 4.16. The van der Waals surface area contributed by atoms with Crippen molar-refractivity contribution in [2.75, 3.05) is 0 Å². The first-order chi connectivity index (χ1) is 9.11. The van der Waals surface area contributed by atoms with Crippen molar-refractivity contribution < 1.29 is 4.39 Å². The lowest BCUT2D eigenvalue weighted by molar-refractivity contribution is 0.586. The number of rotatable bonds is 5. The summed E-state index contributed by atoms with van der Waals surface area (Å²) in [5.41, 5.74) is 9.25. The lowest BCUT2D eigenvalue weighted by atomic mass is 10.1. The third-order valence-corrected chi connectivity index (χ3v) is 3.49. The molecule has 0 spiro atoms. The van der Waals surface area contributed by atoms with Crippen LogP contribution in [0.2, 0.25) is 0 Å². The molecule has 1 aromatic heterocycles. The molecule has 2 rings (SSSR count). The maximum absolute atomic E-state index is 13.0. The van der Waals surface area contributed by atoms with Gasteiger partial charge in [-0.25, -0.2) is 9.37 Å². The number of imidazole rings is 1. The summed E-state index contributed by atoms with van der Waals surface area (Å²) in [6, 6.07) is 4.95. The van der Waals surface area contributed by atoms with Crippen LogP contribution in [0.4, 0.5) is 4.39 Å². The van der Waals surface area contributed by atoms with E-state index in [0.717, 1.165) is 36.2 Å². The molecule has 102 valence electrons. The zero-order chi connectivity index (χ0) is 13.8. The normalized spacial score (nSPS) is 12.6. The summed E-state index contributed by atoms with van der Waals surface area (Å²) >= 11 is 0. The Hall–Kier alpha value is -1.68. The number of nitrogens with zero attached hydrogens (tertiary/aromatic N) is 2. The maximum atomic E-state index is 13.0. The first kappa shape index (κ1) is 13.7. The summed E-state index contributed by atoms with van der Waals surface area (Å²) in [7, 11) is 0. The van der Waals surface area contributed by atoms with Gasteiger partial charge in [0.05, 0.1) is 12.0 Å². The molecule has 0 amide bonds. The summed E-state index contributed by atoms with van der Waals surface area (Å²) in [6.45, 7) is 4.81. The summed E-state index contributed by atoms with van der Waals surface area (Å²) in [5, 5.41) is 0. The molecule has 2 N–H and O–H groups in total. The predicted octanol–water partition coefficient (Wildman–Crippen LogP) is 2.98. The molecule has 0 radical (unpaired) electrons. The number of hydrogen-bond donors (Lipinski definition) is 1. The minimum absolute atomic E-state index is 0.0248. The van der Waals surface area contributed by atoms with E-state index in [4.69, 9.17) is 5.73 Å². The van der Waals surface area contributed by atoms with Crippen LogP contribution < -0.4 is 5.73 Å². The lowest BCUT2D eigenvalue weighted by Crippen LogP contribution is -2.15. The molecular formula is C15H20FN3. The van der Waals surface area contributed by atoms with Gasteiger partial charge in [-0.05, 0) is 43.0 Å². The maximum Gasteiger partial charge on any atom is 0.123 e. The summed E-state index contributed by atoms with van der Waals surface area (Å²) in [5.74, 6) is -0.183. The van der Waals surface area contributed by atoms with Crippen LogP contribution in [0.1, 0.15) is 36.2 Å². The van der Waals surface area contributed by atoms with Gasteiger partial charge in [-0.15, -0.1) is 0 Å². The molecule has 0 unspecified atom stereocenters. The number of nitrogens with two attached hydrogens (primary N) is 1. The van der Waals surface area contributed by atoms with E-state index in [0.29, 0.717) is 0 Å². The molecule has 0 aliphatic rings. The monoisotopic (exact) mass is 261 g/mol. The van der Waals surface area contributed by atoms with Crippen molar-refractivity contribution in [2.24, 2.45) is 5.73 Å². The second-order valence-electron chi connectivity index (χ2n) is 4.85. The number of halogens is 1. The van der Waals surface area contributed by atoms with Crippen molar-refractivity contribution >= 4 is 0 Å². The first-order valence-corrected chi connectivity index (χ1v) is 6.62. The minimum Gasteiger partial charge on any atom is -0.333 e. The summed E-state index contributed by atoms with van der Waals surface area (Å²) in [6.07, 6.45) is 5.38. The molecule has 1 atom stereocenters. The van der Waals surface area contributed by atoms with Crippen LogP contribution in [-0.2, 0) is 13.0 Å². The third kappa shape index (κ3) is 3.20. The molecular weight excluding hydrogens is 241 g/mol. The van der Waals surface area contributed by atoms with Crippen LogP contribution in [0, 0.1) is 12.7 Å². The average molecular weight is 261 g/mol. The standard InChI is InChI=1S/C15H20FN3/c1-3-14(17)15-9-18-10-19(15)7-6-12-4-5-13(16)8-11(12)2/h4-5,8-10,14H,3,6-7,17H2,1-2H3/t14-/m1/s1. The molecule has 4 heteroatoms. The van der Waals surface area contributed by atoms with Crippen molar-refractivity contribution in [3.8, 4) is 0 Å². The van der Waals surface area contributed by atoms with E-state index < -0.39 is 0 Å². The number of aryl methyl sites for hydroxylation is 3. The van der Waals surface area contributed by atoms with Crippen LogP contribution in [0.3, 0.4) is 0 Å². The molecule has 2 aromatic rings. The topological polar surface area (TPSA) is 43.8 Å². The highest BCUT2D eigenvalue weighted by atomic mass is 19.1. The minimum atomic E-state index is -0.183. The Morgan fingerprint density at radius 2 is 2.21 bits per heavy atom. The Morgan fingerprint density at radius 1 is 1.42 bits per heavy atom. The van der Waals surface area contributed by atoms with E-state index in [1.807, 2.05) is 25.5 Å². The van der Waals surface area contributed by atoms with Crippen molar-refractivity contribution in [3.63, 3.8) is 0 Å². The van der Waals surface area contributed by atoms with Gasteiger partial charge in [-0.2, -0.15) is 0 Å². The fourth-order valence-corrected chi connectivity index (χ4v) is 2.22. The van der Waals surface area contributed by atoms with Crippen LogP contribution in [0.15, 0.2) is 30.7 Å². The molecule has 0 saturated heterocycles. The van der Waals surface area contributed by atoms with E-state index in [9.17, 15) is 4.39 Å². The van der Waals surface area contributed by atoms with E-state index in [-0.39, 0.29) is 11.9 Å². The largest absolute Gasteiger partial charge is 0.333 e. The van der Waals surface area contributed by atoms with Crippen LogP contribution in [-0.4, -0.2) is 9.55 Å². The predicted molar refractivity (Wildman–Crippen MR) is 74.3 cm³/mol. The van der Waals surface area contributed by atoms with Crippen LogP contribution >= 0.6 is 0 Å². The molecule has 1 heterocycles. The molecule has 0 saturated carbocycles. The Morgan fingerprint density at radius 3 is 2.89 bits per heavy atom. The molecule has 0 aliphatic heterocycles. The second-order valence-corrected chi connectivity index (χ2v) is 4.85. The number of benzene rings is 1. The van der Waals surface area contributed by atoms with Gasteiger partial charge in [-0.3, -0.25) is 0 Å². The number of hydrogen-bond acceptors (Lipinski definition) is 2. The highest BCUT2D eigenvalue weighted by Gasteiger charge is 2.09. The SMILES string of the molecule is CC[C@@H](N)c1cncn1CCc1ccc(F)cc1C. The molecule has 0 fully saturated rings. The van der Waals surface area contributed by atoms with Gasteiger partial charge < -0.3 is 10.3 Å². The molecule has 0 bridgehead atoms. The number of aromatic nitrogens is 2. The van der Waals surface area contributed by atoms with Crippen molar-refractivity contribution in [1.82, 2.24) is 9.55 Å². The van der Waals surface area contributed by atoms with E-state index in [1.54, 1.807) is 6.07 Å². The smallest absolute Gasteiger partial charge is 0.123 e. The zero-order valence-corrected chi connectivity index (χ0v) is 11.4. The van der Waals surface area contributed by atoms with Gasteiger partial charge in [0.15, 0.2) is 0 Å². The average Bonchev–Trinajstić information content (AvgIpc) is 2.85. The van der Waals surface area contributed by atoms with Gasteiger partial charge in [0.25, 0.3) is 0 Å². The fourth-order valence-electron chi connectivity index (χ4n) is 2.22. The van der Waals surface area contributed by atoms with Crippen molar-refractivity contribution in [3.05, 3.63) is 53.4 Å². The van der Waals surface area contributed by atoms with Crippen molar-refractivity contribution in [2.45, 2.75) is 39.3 Å². The molecule has 1 aromatic carbocycles. The highest BCUT2D eigenvalue weighted by molar-refractivity contribution is 5.26. The quantitative estimate of drug-likeness (QED) is 0.899. The van der Waals surface area contributed by atoms with E-state index >= 15 is 0 Å². The Kier molecular flexibility index (Phi) is 4.32. The van der Waals surface area contributed by atoms with Crippen molar-refractivity contribution in [1.29, 1.82) is 0 Å². The van der Waals surface area contributed by atoms with Gasteiger partial charge in [0.1, 0.15) is 5.82 Å². The van der Waals surface area contributed by atoms with Gasteiger partial charge in [-0.1, -0.05) is 13.0 Å². The fraction of sp³-hybridized carbons (Fsp3) is 0.400. The van der Waals surface area contributed by atoms with Gasteiger partial charge in [0.2, 0.25) is 0 Å². The Labute approximate surface area is 113 Å². The molecule has 0 aliphatic carbocycles. The lowest BCUT2D eigenvalue weighted by Gasteiger charge is -2.13. The van der Waals surface area contributed by atoms with Crippen LogP contribution in [0.5, 0.6) is 0 Å². The van der Waals surface area contributed by atoms with E-state index in [1.165, 1.54) is 6.07 Å². The zero-order valence-electron chi connectivity index (χ0n) is 11.4. The highest BCUT2D eigenvalue weighted by Crippen LogP contribution is 2.15.